The fourth-order valence-electron chi connectivity index (χ4n) is 5.83. The average molecular weight is 648 g/mol. The van der Waals surface area contributed by atoms with Crippen LogP contribution in [0.25, 0.3) is 11.3 Å². The molecule has 248 valence electrons. The highest BCUT2D eigenvalue weighted by molar-refractivity contribution is 5.69. The lowest BCUT2D eigenvalue weighted by Crippen LogP contribution is -2.56. The first kappa shape index (κ1) is 32.4. The summed E-state index contributed by atoms with van der Waals surface area (Å²) in [5, 5.41) is 13.0. The summed E-state index contributed by atoms with van der Waals surface area (Å²) in [6.07, 6.45) is -1.63. The highest BCUT2D eigenvalue weighted by Gasteiger charge is 2.35. The van der Waals surface area contributed by atoms with Gasteiger partial charge in [0.2, 0.25) is 5.95 Å². The standard InChI is InChI=1S/C34H39F2N7O4/c1-34(2,3)47-33(44)43-11-10-30(28(36)19-43)46-29-9-4-22(16-23(29)17-37)31-27(35)18-38-32(40-31)39-24-5-7-25(8-6-24)41-12-14-42(15-13-41)26-20-45-21-26/h4-9,16,18,26,28,30H,10-15,19-21H2,1-3H3,(H,38,39,40)/t28-,30+/m1/s1. The van der Waals surface area contributed by atoms with Gasteiger partial charge in [-0.25, -0.2) is 23.5 Å². The third kappa shape index (κ3) is 7.72. The summed E-state index contributed by atoms with van der Waals surface area (Å²) in [5.74, 6) is -0.295. The molecular formula is C34H39F2N7O4. The minimum Gasteiger partial charge on any atom is -0.486 e. The minimum absolute atomic E-state index is 0.00550. The lowest BCUT2D eigenvalue weighted by atomic mass is 10.0. The van der Waals surface area contributed by atoms with Crippen molar-refractivity contribution in [2.75, 3.05) is 62.7 Å². The van der Waals surface area contributed by atoms with Crippen LogP contribution in [0.1, 0.15) is 32.8 Å². The quantitative estimate of drug-likeness (QED) is 0.369. The van der Waals surface area contributed by atoms with Gasteiger partial charge >= 0.3 is 6.09 Å². The number of rotatable bonds is 7. The fraction of sp³-hybridized carbons (Fsp3) is 0.471. The number of alkyl halides is 1. The van der Waals surface area contributed by atoms with Gasteiger partial charge in [-0.3, -0.25) is 4.90 Å². The number of piperazine rings is 1. The number of halogens is 2. The van der Waals surface area contributed by atoms with E-state index in [2.05, 4.69) is 31.2 Å². The number of hydrogen-bond donors (Lipinski definition) is 1. The molecule has 0 radical (unpaired) electrons. The molecule has 11 nitrogen and oxygen atoms in total. The molecule has 0 saturated carbocycles. The fourth-order valence-corrected chi connectivity index (χ4v) is 5.83. The number of carbonyl (C=O) groups is 1. The molecule has 0 unspecified atom stereocenters. The number of nitrogens with one attached hydrogen (secondary N) is 1. The molecule has 0 aliphatic carbocycles. The first-order valence-electron chi connectivity index (χ1n) is 15.9. The van der Waals surface area contributed by atoms with E-state index in [1.165, 1.54) is 17.0 Å². The molecule has 0 spiro atoms. The maximum atomic E-state index is 15.1. The smallest absolute Gasteiger partial charge is 0.410 e. The molecule has 1 aromatic heterocycles. The van der Waals surface area contributed by atoms with Crippen molar-refractivity contribution in [2.24, 2.45) is 0 Å². The number of nitriles is 1. The lowest BCUT2D eigenvalue weighted by Gasteiger charge is -2.43. The molecule has 47 heavy (non-hydrogen) atoms. The zero-order chi connectivity index (χ0) is 33.1. The van der Waals surface area contributed by atoms with Crippen LogP contribution in [0.15, 0.2) is 48.7 Å². The Morgan fingerprint density at radius 1 is 1.09 bits per heavy atom. The van der Waals surface area contributed by atoms with Crippen LogP contribution in [-0.2, 0) is 9.47 Å². The van der Waals surface area contributed by atoms with Crippen molar-refractivity contribution >= 4 is 23.4 Å². The third-order valence-electron chi connectivity index (χ3n) is 8.47. The van der Waals surface area contributed by atoms with E-state index in [0.29, 0.717) is 11.6 Å². The molecule has 1 N–H and O–H groups in total. The van der Waals surface area contributed by atoms with Crippen LogP contribution < -0.4 is 15.0 Å². The number of nitrogens with zero attached hydrogens (tertiary/aromatic N) is 6. The van der Waals surface area contributed by atoms with Crippen molar-refractivity contribution in [1.29, 1.82) is 5.26 Å². The number of aromatic nitrogens is 2. The average Bonchev–Trinajstić information content (AvgIpc) is 3.02. The Morgan fingerprint density at radius 2 is 1.83 bits per heavy atom. The summed E-state index contributed by atoms with van der Waals surface area (Å²) in [6, 6.07) is 15.1. The van der Waals surface area contributed by atoms with Gasteiger partial charge in [0.05, 0.1) is 37.6 Å². The molecule has 13 heteroatoms. The number of amides is 1. The second kappa shape index (κ2) is 13.7. The van der Waals surface area contributed by atoms with Crippen molar-refractivity contribution in [2.45, 2.75) is 51.1 Å². The summed E-state index contributed by atoms with van der Waals surface area (Å²) in [4.78, 5) is 27.0. The van der Waals surface area contributed by atoms with E-state index in [9.17, 15) is 14.4 Å². The van der Waals surface area contributed by atoms with Crippen LogP contribution in [0, 0.1) is 17.1 Å². The minimum atomic E-state index is -1.48. The van der Waals surface area contributed by atoms with E-state index in [4.69, 9.17) is 14.2 Å². The molecule has 2 atom stereocenters. The predicted molar refractivity (Wildman–Crippen MR) is 172 cm³/mol. The van der Waals surface area contributed by atoms with Crippen LogP contribution in [0.2, 0.25) is 0 Å². The van der Waals surface area contributed by atoms with Gasteiger partial charge in [-0.15, -0.1) is 0 Å². The van der Waals surface area contributed by atoms with Gasteiger partial charge in [0, 0.05) is 56.1 Å². The molecule has 3 saturated heterocycles. The van der Waals surface area contributed by atoms with E-state index in [-0.39, 0.29) is 42.5 Å². The molecule has 6 rings (SSSR count). The summed E-state index contributed by atoms with van der Waals surface area (Å²) in [6.45, 7) is 10.9. The second-order valence-electron chi connectivity index (χ2n) is 13.0. The molecule has 3 aromatic rings. The number of benzene rings is 2. The number of piperidine rings is 1. The van der Waals surface area contributed by atoms with E-state index in [0.717, 1.165) is 57.0 Å². The van der Waals surface area contributed by atoms with Gasteiger partial charge in [0.1, 0.15) is 29.2 Å². The third-order valence-corrected chi connectivity index (χ3v) is 8.47. The Morgan fingerprint density at radius 3 is 2.47 bits per heavy atom. The zero-order valence-corrected chi connectivity index (χ0v) is 26.8. The zero-order valence-electron chi connectivity index (χ0n) is 26.8. The van der Waals surface area contributed by atoms with Gasteiger partial charge in [0.15, 0.2) is 12.0 Å². The number of hydrogen-bond acceptors (Lipinski definition) is 10. The molecule has 0 bridgehead atoms. The Labute approximate surface area is 273 Å². The van der Waals surface area contributed by atoms with Crippen LogP contribution in [0.4, 0.5) is 30.9 Å². The van der Waals surface area contributed by atoms with Gasteiger partial charge in [-0.2, -0.15) is 5.26 Å². The van der Waals surface area contributed by atoms with Gasteiger partial charge in [0.25, 0.3) is 0 Å². The number of anilines is 3. The lowest BCUT2D eigenvalue weighted by molar-refractivity contribution is -0.0660. The number of likely N-dealkylation sites (tertiary alicyclic amines) is 1. The van der Waals surface area contributed by atoms with E-state index in [1.807, 2.05) is 24.3 Å². The highest BCUT2D eigenvalue weighted by Crippen LogP contribution is 2.31. The first-order chi connectivity index (χ1) is 22.6. The Hall–Kier alpha value is -4.54. The monoisotopic (exact) mass is 647 g/mol. The Bertz CT molecular complexity index is 1620. The Kier molecular flexibility index (Phi) is 9.42. The van der Waals surface area contributed by atoms with Crippen molar-refractivity contribution in [1.82, 2.24) is 19.8 Å². The largest absolute Gasteiger partial charge is 0.486 e. The first-order valence-corrected chi connectivity index (χ1v) is 15.9. The normalized spacial score (nSPS) is 20.7. The SMILES string of the molecule is CC(C)(C)OC(=O)N1CC[C@H](Oc2ccc(-c3nc(Nc4ccc(N5CCN(C6COC6)CC5)cc4)ncc3F)cc2C#N)[C@H](F)C1. The van der Waals surface area contributed by atoms with Crippen LogP contribution in [0.3, 0.4) is 0 Å². The molecule has 3 aliphatic heterocycles. The van der Waals surface area contributed by atoms with Crippen molar-refractivity contribution < 1.29 is 27.8 Å². The molecule has 4 heterocycles. The highest BCUT2D eigenvalue weighted by atomic mass is 19.1. The van der Waals surface area contributed by atoms with E-state index >= 15 is 4.39 Å². The topological polar surface area (TPSA) is 116 Å². The predicted octanol–water partition coefficient (Wildman–Crippen LogP) is 5.15. The maximum absolute atomic E-state index is 15.1. The molecule has 1 amide bonds. The molecule has 3 aliphatic rings. The van der Waals surface area contributed by atoms with Crippen LogP contribution in [-0.4, -0.2) is 102 Å². The summed E-state index contributed by atoms with van der Waals surface area (Å²) in [5.41, 5.74) is 1.64. The van der Waals surface area contributed by atoms with Crippen LogP contribution >= 0.6 is 0 Å². The number of ether oxygens (including phenoxy) is 3. The summed E-state index contributed by atoms with van der Waals surface area (Å²) < 4.78 is 46.6. The molecular weight excluding hydrogens is 608 g/mol. The second-order valence-corrected chi connectivity index (χ2v) is 13.0. The Balaban J connectivity index is 1.08. The van der Waals surface area contributed by atoms with Crippen molar-refractivity contribution in [3.8, 4) is 23.1 Å². The summed E-state index contributed by atoms with van der Waals surface area (Å²) in [7, 11) is 0. The molecule has 2 aromatic carbocycles. The van der Waals surface area contributed by atoms with Crippen molar-refractivity contribution in [3.05, 3.63) is 60.0 Å². The van der Waals surface area contributed by atoms with Gasteiger partial charge in [-0.1, -0.05) is 0 Å². The van der Waals surface area contributed by atoms with E-state index in [1.54, 1.807) is 26.8 Å². The molecule has 3 fully saturated rings. The van der Waals surface area contributed by atoms with Crippen LogP contribution in [0.5, 0.6) is 5.75 Å². The van der Waals surface area contributed by atoms with Gasteiger partial charge in [-0.05, 0) is 63.2 Å². The van der Waals surface area contributed by atoms with Crippen molar-refractivity contribution in [3.63, 3.8) is 0 Å². The van der Waals surface area contributed by atoms with E-state index < -0.39 is 29.8 Å². The maximum Gasteiger partial charge on any atom is 0.410 e. The summed E-state index contributed by atoms with van der Waals surface area (Å²) >= 11 is 0. The number of carbonyl (C=O) groups excluding carboxylic acids is 1. The van der Waals surface area contributed by atoms with Gasteiger partial charge < -0.3 is 29.3 Å².